The second-order valence-corrected chi connectivity index (χ2v) is 5.91. The lowest BCUT2D eigenvalue weighted by atomic mass is 10.00. The number of hydrogen-bond donors (Lipinski definition) is 0. The van der Waals surface area contributed by atoms with Crippen molar-refractivity contribution in [3.8, 4) is 0 Å². The van der Waals surface area contributed by atoms with E-state index < -0.39 is 17.9 Å². The van der Waals surface area contributed by atoms with Crippen LogP contribution < -0.4 is 0 Å². The van der Waals surface area contributed by atoms with Crippen molar-refractivity contribution in [1.82, 2.24) is 4.98 Å². The SMILES string of the molecule is CCOC(=O)C(CCc1cc(Cc2ccccc2)ccn1)C(=O)OCC. The third-order valence-corrected chi connectivity index (χ3v) is 3.96. The molecule has 0 amide bonds. The number of carbonyl (C=O) groups is 2. The van der Waals surface area contributed by atoms with Crippen LogP contribution in [0.5, 0.6) is 0 Å². The molecular formula is C21H25NO4. The zero-order chi connectivity index (χ0) is 18.8. The molecule has 0 bridgehead atoms. The molecular weight excluding hydrogens is 330 g/mol. The third-order valence-electron chi connectivity index (χ3n) is 3.96. The summed E-state index contributed by atoms with van der Waals surface area (Å²) in [7, 11) is 0. The van der Waals surface area contributed by atoms with Crippen LogP contribution in [0.1, 0.15) is 37.1 Å². The van der Waals surface area contributed by atoms with E-state index in [1.807, 2.05) is 30.3 Å². The molecule has 5 nitrogen and oxygen atoms in total. The van der Waals surface area contributed by atoms with Crippen molar-refractivity contribution in [2.45, 2.75) is 33.1 Å². The van der Waals surface area contributed by atoms with Gasteiger partial charge >= 0.3 is 11.9 Å². The molecule has 0 spiro atoms. The maximum atomic E-state index is 12.0. The van der Waals surface area contributed by atoms with Gasteiger partial charge in [0.2, 0.25) is 0 Å². The lowest BCUT2D eigenvalue weighted by molar-refractivity contribution is -0.161. The zero-order valence-corrected chi connectivity index (χ0v) is 15.3. The molecule has 2 rings (SSSR count). The van der Waals surface area contributed by atoms with Crippen LogP contribution in [0.25, 0.3) is 0 Å². The summed E-state index contributed by atoms with van der Waals surface area (Å²) < 4.78 is 10.0. The highest BCUT2D eigenvalue weighted by Gasteiger charge is 2.29. The summed E-state index contributed by atoms with van der Waals surface area (Å²) in [4.78, 5) is 28.5. The summed E-state index contributed by atoms with van der Waals surface area (Å²) in [6, 6.07) is 14.2. The smallest absolute Gasteiger partial charge is 0.320 e. The molecule has 0 aliphatic rings. The summed E-state index contributed by atoms with van der Waals surface area (Å²) in [6.07, 6.45) is 3.40. The van der Waals surface area contributed by atoms with Gasteiger partial charge in [0.15, 0.2) is 5.92 Å². The molecule has 1 aromatic heterocycles. The molecule has 0 aliphatic heterocycles. The van der Waals surface area contributed by atoms with Gasteiger partial charge in [-0.3, -0.25) is 14.6 Å². The average molecular weight is 355 g/mol. The molecule has 0 saturated carbocycles. The second kappa shape index (κ2) is 10.3. The normalized spacial score (nSPS) is 10.6. The maximum Gasteiger partial charge on any atom is 0.320 e. The molecule has 0 N–H and O–H groups in total. The van der Waals surface area contributed by atoms with Crippen LogP contribution >= 0.6 is 0 Å². The van der Waals surface area contributed by atoms with Gasteiger partial charge < -0.3 is 9.47 Å². The second-order valence-electron chi connectivity index (χ2n) is 5.91. The number of hydrogen-bond acceptors (Lipinski definition) is 5. The number of benzene rings is 1. The number of rotatable bonds is 9. The molecule has 2 aromatic rings. The van der Waals surface area contributed by atoms with Gasteiger partial charge in [0, 0.05) is 11.9 Å². The Morgan fingerprint density at radius 1 is 0.962 bits per heavy atom. The van der Waals surface area contributed by atoms with Crippen LogP contribution in [0.4, 0.5) is 0 Å². The van der Waals surface area contributed by atoms with Crippen LogP contribution in [-0.2, 0) is 31.9 Å². The van der Waals surface area contributed by atoms with Crippen molar-refractivity contribution in [3.63, 3.8) is 0 Å². The summed E-state index contributed by atoms with van der Waals surface area (Å²) in [6.45, 7) is 3.91. The Morgan fingerprint density at radius 2 is 1.62 bits per heavy atom. The fourth-order valence-corrected chi connectivity index (χ4v) is 2.72. The Bertz CT molecular complexity index is 697. The molecule has 5 heteroatoms. The van der Waals surface area contributed by atoms with Crippen molar-refractivity contribution in [2.24, 2.45) is 5.92 Å². The van der Waals surface area contributed by atoms with E-state index in [0.29, 0.717) is 12.8 Å². The van der Waals surface area contributed by atoms with Crippen LogP contribution in [0.15, 0.2) is 48.7 Å². The van der Waals surface area contributed by atoms with Gasteiger partial charge in [0.1, 0.15) is 0 Å². The molecule has 0 atom stereocenters. The molecule has 0 aliphatic carbocycles. The van der Waals surface area contributed by atoms with Gasteiger partial charge in [-0.25, -0.2) is 0 Å². The minimum atomic E-state index is -0.908. The van der Waals surface area contributed by atoms with E-state index in [9.17, 15) is 9.59 Å². The maximum absolute atomic E-state index is 12.0. The molecule has 1 heterocycles. The first-order valence-electron chi connectivity index (χ1n) is 8.95. The number of esters is 2. The Morgan fingerprint density at radius 3 is 2.23 bits per heavy atom. The fourth-order valence-electron chi connectivity index (χ4n) is 2.72. The van der Waals surface area contributed by atoms with E-state index in [2.05, 4.69) is 17.1 Å². The molecule has 138 valence electrons. The number of pyridine rings is 1. The topological polar surface area (TPSA) is 65.5 Å². The first-order chi connectivity index (χ1) is 12.6. The fraction of sp³-hybridized carbons (Fsp3) is 0.381. The van der Waals surface area contributed by atoms with Crippen LogP contribution in [0, 0.1) is 5.92 Å². The molecule has 0 fully saturated rings. The molecule has 26 heavy (non-hydrogen) atoms. The lowest BCUT2D eigenvalue weighted by Gasteiger charge is -2.14. The van der Waals surface area contributed by atoms with Gasteiger partial charge in [0.05, 0.1) is 13.2 Å². The molecule has 0 saturated heterocycles. The van der Waals surface area contributed by atoms with Gasteiger partial charge in [-0.05, 0) is 56.4 Å². The summed E-state index contributed by atoms with van der Waals surface area (Å²) >= 11 is 0. The molecule has 0 unspecified atom stereocenters. The Kier molecular flexibility index (Phi) is 7.80. The predicted octanol–water partition coefficient (Wildman–Crippen LogP) is 3.35. The lowest BCUT2D eigenvalue weighted by Crippen LogP contribution is -2.28. The van der Waals surface area contributed by atoms with E-state index in [1.165, 1.54) is 5.56 Å². The standard InChI is InChI=1S/C21H25NO4/c1-3-25-20(23)19(21(24)26-4-2)11-10-18-15-17(12-13-22-18)14-16-8-6-5-7-9-16/h5-9,12-13,15,19H,3-4,10-11,14H2,1-2H3. The Hall–Kier alpha value is -2.69. The summed E-state index contributed by atoms with van der Waals surface area (Å²) in [5, 5.41) is 0. The van der Waals surface area contributed by atoms with E-state index in [4.69, 9.17) is 9.47 Å². The average Bonchev–Trinajstić information content (AvgIpc) is 2.63. The number of ether oxygens (including phenoxy) is 2. The summed E-state index contributed by atoms with van der Waals surface area (Å²) in [5.74, 6) is -1.98. The third kappa shape index (κ3) is 5.99. The van der Waals surface area contributed by atoms with Crippen molar-refractivity contribution in [1.29, 1.82) is 0 Å². The zero-order valence-electron chi connectivity index (χ0n) is 15.3. The Labute approximate surface area is 154 Å². The number of aromatic nitrogens is 1. The number of nitrogens with zero attached hydrogens (tertiary/aromatic N) is 1. The van der Waals surface area contributed by atoms with Gasteiger partial charge in [-0.15, -0.1) is 0 Å². The quantitative estimate of drug-likeness (QED) is 0.510. The first kappa shape index (κ1) is 19.6. The van der Waals surface area contributed by atoms with E-state index >= 15 is 0 Å². The van der Waals surface area contributed by atoms with Gasteiger partial charge in [0.25, 0.3) is 0 Å². The predicted molar refractivity (Wildman–Crippen MR) is 98.6 cm³/mol. The van der Waals surface area contributed by atoms with E-state index in [-0.39, 0.29) is 13.2 Å². The van der Waals surface area contributed by atoms with Crippen molar-refractivity contribution >= 4 is 11.9 Å². The van der Waals surface area contributed by atoms with E-state index in [0.717, 1.165) is 17.7 Å². The summed E-state index contributed by atoms with van der Waals surface area (Å²) in [5.41, 5.74) is 3.21. The molecule has 0 radical (unpaired) electrons. The van der Waals surface area contributed by atoms with E-state index in [1.54, 1.807) is 20.0 Å². The highest BCUT2D eigenvalue weighted by atomic mass is 16.6. The largest absolute Gasteiger partial charge is 0.465 e. The highest BCUT2D eigenvalue weighted by Crippen LogP contribution is 2.15. The van der Waals surface area contributed by atoms with Crippen LogP contribution in [0.3, 0.4) is 0 Å². The van der Waals surface area contributed by atoms with Gasteiger partial charge in [-0.1, -0.05) is 30.3 Å². The first-order valence-corrected chi connectivity index (χ1v) is 8.95. The molecule has 1 aromatic carbocycles. The highest BCUT2D eigenvalue weighted by molar-refractivity contribution is 5.94. The minimum Gasteiger partial charge on any atom is -0.465 e. The number of aryl methyl sites for hydroxylation is 1. The van der Waals surface area contributed by atoms with Crippen LogP contribution in [0.2, 0.25) is 0 Å². The van der Waals surface area contributed by atoms with Gasteiger partial charge in [-0.2, -0.15) is 0 Å². The van der Waals surface area contributed by atoms with Crippen LogP contribution in [-0.4, -0.2) is 30.1 Å². The number of carbonyl (C=O) groups excluding carboxylic acids is 2. The monoisotopic (exact) mass is 355 g/mol. The van der Waals surface area contributed by atoms with Crippen molar-refractivity contribution < 1.29 is 19.1 Å². The minimum absolute atomic E-state index is 0.236. The van der Waals surface area contributed by atoms with Crippen molar-refractivity contribution in [2.75, 3.05) is 13.2 Å². The Balaban J connectivity index is 2.02. The van der Waals surface area contributed by atoms with Crippen molar-refractivity contribution in [3.05, 3.63) is 65.5 Å².